The largest absolute Gasteiger partial charge is 0.388 e. The number of aryl methyl sites for hydroxylation is 1. The van der Waals surface area contributed by atoms with Crippen LogP contribution in [0.15, 0.2) is 36.4 Å². The Balaban J connectivity index is 1.74. The second-order valence-corrected chi connectivity index (χ2v) is 6.19. The minimum Gasteiger partial charge on any atom is -0.388 e. The Hall–Kier alpha value is -2.18. The number of aromatic nitrogens is 2. The van der Waals surface area contributed by atoms with Gasteiger partial charge in [0.25, 0.3) is 5.91 Å². The van der Waals surface area contributed by atoms with E-state index >= 15 is 0 Å². The maximum atomic E-state index is 12.5. The number of rotatable bonds is 4. The Bertz CT molecular complexity index is 699. The molecule has 1 heterocycles. The van der Waals surface area contributed by atoms with Gasteiger partial charge in [-0.3, -0.25) is 4.79 Å². The predicted octanol–water partition coefficient (Wildman–Crippen LogP) is 1.84. The van der Waals surface area contributed by atoms with Crippen molar-refractivity contribution in [2.75, 3.05) is 7.11 Å². The zero-order valence-corrected chi connectivity index (χ0v) is 14.0. The van der Waals surface area contributed by atoms with E-state index < -0.39 is 6.10 Å². The van der Waals surface area contributed by atoms with E-state index in [0.29, 0.717) is 5.69 Å². The topological polar surface area (TPSA) is 76.4 Å². The number of methoxy groups -OCH3 is 1. The minimum absolute atomic E-state index is 0.229. The number of para-hydroxylation sites is 1. The molecule has 0 aliphatic heterocycles. The van der Waals surface area contributed by atoms with E-state index in [2.05, 4.69) is 10.4 Å². The number of amides is 1. The van der Waals surface area contributed by atoms with Crippen LogP contribution in [-0.2, 0) is 4.74 Å². The van der Waals surface area contributed by atoms with Crippen molar-refractivity contribution in [3.05, 3.63) is 47.8 Å². The molecule has 1 saturated carbocycles. The van der Waals surface area contributed by atoms with Crippen LogP contribution >= 0.6 is 0 Å². The van der Waals surface area contributed by atoms with Gasteiger partial charge in [-0.2, -0.15) is 5.10 Å². The normalized spacial score (nSPS) is 23.9. The first-order chi connectivity index (χ1) is 11.6. The maximum absolute atomic E-state index is 12.5. The van der Waals surface area contributed by atoms with E-state index in [1.54, 1.807) is 17.9 Å². The number of carbonyl (C=O) groups is 1. The molecule has 0 radical (unpaired) electrons. The number of hydrogen-bond donors (Lipinski definition) is 2. The van der Waals surface area contributed by atoms with Gasteiger partial charge < -0.3 is 15.2 Å². The SMILES string of the molecule is CO[C@@H]1CCC[C@@H](NC(=O)c2cc(C)n(-c3ccccc3)n2)[C@H]1O. The lowest BCUT2D eigenvalue weighted by atomic mass is 9.90. The summed E-state index contributed by atoms with van der Waals surface area (Å²) in [6, 6.07) is 11.1. The summed E-state index contributed by atoms with van der Waals surface area (Å²) in [7, 11) is 1.59. The maximum Gasteiger partial charge on any atom is 0.272 e. The molecular weight excluding hydrogens is 306 g/mol. The zero-order chi connectivity index (χ0) is 17.1. The third-order valence-corrected chi connectivity index (χ3v) is 4.54. The van der Waals surface area contributed by atoms with Crippen LogP contribution in [0.2, 0.25) is 0 Å². The van der Waals surface area contributed by atoms with Crippen molar-refractivity contribution >= 4 is 5.91 Å². The summed E-state index contributed by atoms with van der Waals surface area (Å²) in [5, 5.41) is 17.6. The Morgan fingerprint density at radius 2 is 2.08 bits per heavy atom. The number of benzene rings is 1. The first-order valence-electron chi connectivity index (χ1n) is 8.24. The van der Waals surface area contributed by atoms with Crippen LogP contribution in [0.4, 0.5) is 0 Å². The summed E-state index contributed by atoms with van der Waals surface area (Å²) in [4.78, 5) is 12.5. The van der Waals surface area contributed by atoms with E-state index in [1.165, 1.54) is 0 Å². The van der Waals surface area contributed by atoms with Crippen LogP contribution in [0.5, 0.6) is 0 Å². The Kier molecular flexibility index (Phi) is 4.97. The third-order valence-electron chi connectivity index (χ3n) is 4.54. The number of carbonyl (C=O) groups excluding carboxylic acids is 1. The van der Waals surface area contributed by atoms with Gasteiger partial charge in [-0.25, -0.2) is 4.68 Å². The molecule has 0 bridgehead atoms. The van der Waals surface area contributed by atoms with Crippen molar-refractivity contribution in [3.63, 3.8) is 0 Å². The highest BCUT2D eigenvalue weighted by atomic mass is 16.5. The van der Waals surface area contributed by atoms with Crippen molar-refractivity contribution in [2.45, 2.75) is 44.4 Å². The van der Waals surface area contributed by atoms with Crippen LogP contribution in [0.25, 0.3) is 5.69 Å². The molecule has 0 spiro atoms. The smallest absolute Gasteiger partial charge is 0.272 e. The molecule has 0 unspecified atom stereocenters. The highest BCUT2D eigenvalue weighted by Crippen LogP contribution is 2.22. The van der Waals surface area contributed by atoms with Crippen molar-refractivity contribution in [1.29, 1.82) is 0 Å². The van der Waals surface area contributed by atoms with Gasteiger partial charge in [0.2, 0.25) is 0 Å². The van der Waals surface area contributed by atoms with Crippen molar-refractivity contribution < 1.29 is 14.6 Å². The number of aliphatic hydroxyl groups excluding tert-OH is 1. The fourth-order valence-electron chi connectivity index (χ4n) is 3.21. The second kappa shape index (κ2) is 7.15. The highest BCUT2D eigenvalue weighted by Gasteiger charge is 2.33. The number of aliphatic hydroxyl groups is 1. The van der Waals surface area contributed by atoms with Crippen LogP contribution in [0.1, 0.15) is 35.4 Å². The molecule has 2 N–H and O–H groups in total. The molecular formula is C18H23N3O3. The molecule has 1 fully saturated rings. The molecule has 128 valence electrons. The number of hydrogen-bond acceptors (Lipinski definition) is 4. The van der Waals surface area contributed by atoms with E-state index in [-0.39, 0.29) is 18.1 Å². The first kappa shape index (κ1) is 16.7. The summed E-state index contributed by atoms with van der Waals surface area (Å²) >= 11 is 0. The molecule has 1 aromatic heterocycles. The molecule has 3 rings (SSSR count). The molecule has 2 aromatic rings. The third kappa shape index (κ3) is 3.34. The van der Waals surface area contributed by atoms with Crippen LogP contribution in [0, 0.1) is 6.92 Å². The predicted molar refractivity (Wildman–Crippen MR) is 90.2 cm³/mol. The Labute approximate surface area is 141 Å². The number of nitrogens with zero attached hydrogens (tertiary/aromatic N) is 2. The molecule has 6 heteroatoms. The van der Waals surface area contributed by atoms with E-state index in [9.17, 15) is 9.90 Å². The van der Waals surface area contributed by atoms with Crippen LogP contribution in [0.3, 0.4) is 0 Å². The van der Waals surface area contributed by atoms with Crippen molar-refractivity contribution in [1.82, 2.24) is 15.1 Å². The average molecular weight is 329 g/mol. The molecule has 0 saturated heterocycles. The quantitative estimate of drug-likeness (QED) is 0.897. The highest BCUT2D eigenvalue weighted by molar-refractivity contribution is 5.92. The summed E-state index contributed by atoms with van der Waals surface area (Å²) in [5.74, 6) is -0.270. The fraction of sp³-hybridized carbons (Fsp3) is 0.444. The lowest BCUT2D eigenvalue weighted by Gasteiger charge is -2.34. The van der Waals surface area contributed by atoms with Gasteiger partial charge >= 0.3 is 0 Å². The van der Waals surface area contributed by atoms with Crippen molar-refractivity contribution in [3.8, 4) is 5.69 Å². The van der Waals surface area contributed by atoms with Gasteiger partial charge in [-0.15, -0.1) is 0 Å². The minimum atomic E-state index is -0.690. The summed E-state index contributed by atoms with van der Waals surface area (Å²) in [6.45, 7) is 1.91. The molecule has 1 aromatic carbocycles. The molecule has 3 atom stereocenters. The summed E-state index contributed by atoms with van der Waals surface area (Å²) in [6.07, 6.45) is 1.55. The fourth-order valence-corrected chi connectivity index (χ4v) is 3.21. The van der Waals surface area contributed by atoms with Crippen LogP contribution in [-0.4, -0.2) is 46.2 Å². The molecule has 1 amide bonds. The summed E-state index contributed by atoms with van der Waals surface area (Å²) < 4.78 is 7.02. The van der Waals surface area contributed by atoms with Gasteiger partial charge in [0, 0.05) is 12.8 Å². The van der Waals surface area contributed by atoms with Gasteiger partial charge in [0.1, 0.15) is 6.10 Å². The molecule has 6 nitrogen and oxygen atoms in total. The molecule has 24 heavy (non-hydrogen) atoms. The van der Waals surface area contributed by atoms with E-state index in [1.807, 2.05) is 37.3 Å². The molecule has 1 aliphatic rings. The van der Waals surface area contributed by atoms with Crippen molar-refractivity contribution in [2.24, 2.45) is 0 Å². The number of ether oxygens (including phenoxy) is 1. The molecule has 1 aliphatic carbocycles. The standard InChI is InChI=1S/C18H23N3O3/c1-12-11-15(20-21(12)13-7-4-3-5-8-13)18(23)19-14-9-6-10-16(24-2)17(14)22/h3-5,7-8,11,14,16-17,22H,6,9-10H2,1-2H3,(H,19,23)/t14-,16-,17-/m1/s1. The number of nitrogens with one attached hydrogen (secondary N) is 1. The van der Waals surface area contributed by atoms with Gasteiger partial charge in [-0.05, 0) is 44.4 Å². The first-order valence-corrected chi connectivity index (χ1v) is 8.24. The van der Waals surface area contributed by atoms with Gasteiger partial charge in [-0.1, -0.05) is 18.2 Å². The van der Waals surface area contributed by atoms with E-state index in [0.717, 1.165) is 30.6 Å². The Morgan fingerprint density at radius 1 is 1.33 bits per heavy atom. The lowest BCUT2D eigenvalue weighted by Crippen LogP contribution is -2.51. The second-order valence-electron chi connectivity index (χ2n) is 6.19. The van der Waals surface area contributed by atoms with E-state index in [4.69, 9.17) is 4.74 Å². The average Bonchev–Trinajstić information content (AvgIpc) is 2.99. The van der Waals surface area contributed by atoms with Gasteiger partial charge in [0.05, 0.1) is 17.8 Å². The van der Waals surface area contributed by atoms with Crippen LogP contribution < -0.4 is 5.32 Å². The monoisotopic (exact) mass is 329 g/mol. The Morgan fingerprint density at radius 3 is 2.79 bits per heavy atom. The lowest BCUT2D eigenvalue weighted by molar-refractivity contribution is -0.0513. The zero-order valence-electron chi connectivity index (χ0n) is 14.0. The summed E-state index contributed by atoms with van der Waals surface area (Å²) in [5.41, 5.74) is 2.14. The van der Waals surface area contributed by atoms with Gasteiger partial charge in [0.15, 0.2) is 5.69 Å².